The molecule has 0 aliphatic carbocycles. The van der Waals surface area contributed by atoms with E-state index in [4.69, 9.17) is 0 Å². The minimum Gasteiger partial charge on any atom is -0.340 e. The van der Waals surface area contributed by atoms with Crippen molar-refractivity contribution in [1.82, 2.24) is 4.98 Å². The summed E-state index contributed by atoms with van der Waals surface area (Å²) in [4.78, 5) is 16.9. The number of hydrogen-bond acceptors (Lipinski definition) is 3. The van der Waals surface area contributed by atoms with Gasteiger partial charge in [-0.25, -0.2) is 4.98 Å². The summed E-state index contributed by atoms with van der Waals surface area (Å²) < 4.78 is 77.7. The van der Waals surface area contributed by atoms with Crippen LogP contribution in [-0.4, -0.2) is 10.9 Å². The first-order chi connectivity index (χ1) is 16.4. The van der Waals surface area contributed by atoms with Crippen LogP contribution >= 0.6 is 0 Å². The predicted octanol–water partition coefficient (Wildman–Crippen LogP) is 7.58. The SMILES string of the molecule is Cc1cc(Nc2cccc(C(F)(F)F)c2)nc2ccc(NC(=O)c3cccc(C(F)(F)F)c3)cc12. The Bertz CT molecular complexity index is 1410. The van der Waals surface area contributed by atoms with Gasteiger partial charge in [0.05, 0.1) is 16.6 Å². The third-order valence-electron chi connectivity index (χ3n) is 5.19. The molecule has 0 bridgehead atoms. The van der Waals surface area contributed by atoms with Crippen LogP contribution in [0, 0.1) is 6.92 Å². The topological polar surface area (TPSA) is 54.0 Å². The van der Waals surface area contributed by atoms with Gasteiger partial charge in [-0.3, -0.25) is 4.79 Å². The number of carbonyl (C=O) groups is 1. The van der Waals surface area contributed by atoms with Crippen molar-refractivity contribution in [1.29, 1.82) is 0 Å². The van der Waals surface area contributed by atoms with Gasteiger partial charge < -0.3 is 10.6 Å². The van der Waals surface area contributed by atoms with Gasteiger partial charge in [0.1, 0.15) is 5.82 Å². The summed E-state index contributed by atoms with van der Waals surface area (Å²) in [5.41, 5.74) is -0.0586. The number of alkyl halides is 6. The molecule has 4 nitrogen and oxygen atoms in total. The summed E-state index contributed by atoms with van der Waals surface area (Å²) in [7, 11) is 0. The molecule has 1 aromatic heterocycles. The lowest BCUT2D eigenvalue weighted by Gasteiger charge is -2.13. The van der Waals surface area contributed by atoms with Gasteiger partial charge in [-0.15, -0.1) is 0 Å². The standard InChI is InChI=1S/C25H17F6N3O/c1-14-10-22(32-18-7-3-6-17(12-18)25(29,30)31)34-21-9-8-19(13-20(14)21)33-23(35)15-4-2-5-16(11-15)24(26,27)28/h2-13H,1H3,(H,32,34)(H,33,35). The summed E-state index contributed by atoms with van der Waals surface area (Å²) in [6, 6.07) is 15.2. The highest BCUT2D eigenvalue weighted by molar-refractivity contribution is 6.05. The van der Waals surface area contributed by atoms with Crippen molar-refractivity contribution in [3.63, 3.8) is 0 Å². The number of anilines is 3. The van der Waals surface area contributed by atoms with Crippen molar-refractivity contribution in [2.24, 2.45) is 0 Å². The van der Waals surface area contributed by atoms with E-state index in [-0.39, 0.29) is 11.3 Å². The molecule has 0 saturated heterocycles. The first-order valence-electron chi connectivity index (χ1n) is 10.2. The monoisotopic (exact) mass is 489 g/mol. The molecule has 0 unspecified atom stereocenters. The largest absolute Gasteiger partial charge is 0.416 e. The van der Waals surface area contributed by atoms with Gasteiger partial charge in [-0.2, -0.15) is 26.3 Å². The second-order valence-electron chi connectivity index (χ2n) is 7.79. The van der Waals surface area contributed by atoms with E-state index in [0.29, 0.717) is 22.4 Å². The lowest BCUT2D eigenvalue weighted by molar-refractivity contribution is -0.138. The minimum atomic E-state index is -4.57. The quantitative estimate of drug-likeness (QED) is 0.291. The van der Waals surface area contributed by atoms with Crippen LogP contribution in [0.5, 0.6) is 0 Å². The van der Waals surface area contributed by atoms with Gasteiger partial charge in [0.2, 0.25) is 0 Å². The smallest absolute Gasteiger partial charge is 0.340 e. The highest BCUT2D eigenvalue weighted by atomic mass is 19.4. The number of nitrogens with zero attached hydrogens (tertiary/aromatic N) is 1. The molecule has 0 saturated carbocycles. The van der Waals surface area contributed by atoms with Crippen LogP contribution in [0.25, 0.3) is 10.9 Å². The number of aromatic nitrogens is 1. The third kappa shape index (κ3) is 5.53. The molecule has 0 fully saturated rings. The zero-order valence-corrected chi connectivity index (χ0v) is 18.1. The second-order valence-corrected chi connectivity index (χ2v) is 7.79. The summed E-state index contributed by atoms with van der Waals surface area (Å²) >= 11 is 0. The number of nitrogens with one attached hydrogen (secondary N) is 2. The maximum absolute atomic E-state index is 13.0. The molecule has 180 valence electrons. The van der Waals surface area contributed by atoms with Gasteiger partial charge in [-0.1, -0.05) is 12.1 Å². The Balaban J connectivity index is 1.56. The normalized spacial score (nSPS) is 12.0. The maximum atomic E-state index is 13.0. The molecule has 1 heterocycles. The molecule has 0 aliphatic heterocycles. The van der Waals surface area contributed by atoms with Crippen LogP contribution in [0.1, 0.15) is 27.0 Å². The maximum Gasteiger partial charge on any atom is 0.416 e. The molecule has 1 amide bonds. The highest BCUT2D eigenvalue weighted by Crippen LogP contribution is 2.32. The number of rotatable bonds is 4. The fraction of sp³-hybridized carbons (Fsp3) is 0.120. The molecule has 10 heteroatoms. The van der Waals surface area contributed by atoms with E-state index in [2.05, 4.69) is 15.6 Å². The molecule has 0 radical (unpaired) electrons. The number of pyridine rings is 1. The number of aryl methyl sites for hydroxylation is 1. The van der Waals surface area contributed by atoms with Crippen molar-refractivity contribution in [3.8, 4) is 0 Å². The van der Waals surface area contributed by atoms with E-state index in [1.165, 1.54) is 24.3 Å². The molecule has 3 aromatic carbocycles. The molecule has 4 aromatic rings. The summed E-state index contributed by atoms with van der Waals surface area (Å²) in [6.07, 6.45) is -9.04. The molecular weight excluding hydrogens is 472 g/mol. The fourth-order valence-electron chi connectivity index (χ4n) is 3.50. The van der Waals surface area contributed by atoms with E-state index in [1.807, 2.05) is 0 Å². The number of halogens is 6. The van der Waals surface area contributed by atoms with E-state index in [9.17, 15) is 31.1 Å². The van der Waals surface area contributed by atoms with E-state index in [0.717, 1.165) is 35.9 Å². The summed E-state index contributed by atoms with van der Waals surface area (Å²) in [5.74, 6) is -0.376. The summed E-state index contributed by atoms with van der Waals surface area (Å²) in [6.45, 7) is 1.76. The Morgan fingerprint density at radius 1 is 0.771 bits per heavy atom. The number of carbonyl (C=O) groups excluding carboxylic acids is 1. The van der Waals surface area contributed by atoms with Gasteiger partial charge in [0.15, 0.2) is 0 Å². The Labute approximate surface area is 195 Å². The average Bonchev–Trinajstić information content (AvgIpc) is 2.79. The number of fused-ring (bicyclic) bond motifs is 1. The first-order valence-corrected chi connectivity index (χ1v) is 10.2. The zero-order valence-electron chi connectivity index (χ0n) is 18.1. The Hall–Kier alpha value is -4.08. The predicted molar refractivity (Wildman–Crippen MR) is 121 cm³/mol. The molecule has 0 spiro atoms. The van der Waals surface area contributed by atoms with Crippen molar-refractivity contribution < 1.29 is 31.1 Å². The van der Waals surface area contributed by atoms with Crippen molar-refractivity contribution in [2.75, 3.05) is 10.6 Å². The van der Waals surface area contributed by atoms with Gasteiger partial charge >= 0.3 is 12.4 Å². The number of benzene rings is 3. The first kappa shape index (κ1) is 24.1. The molecule has 35 heavy (non-hydrogen) atoms. The van der Waals surface area contributed by atoms with Gasteiger partial charge in [0.25, 0.3) is 5.91 Å². The highest BCUT2D eigenvalue weighted by Gasteiger charge is 2.31. The lowest BCUT2D eigenvalue weighted by Crippen LogP contribution is -2.14. The van der Waals surface area contributed by atoms with Crippen LogP contribution < -0.4 is 10.6 Å². The fourth-order valence-corrected chi connectivity index (χ4v) is 3.50. The molecule has 0 aliphatic rings. The van der Waals surface area contributed by atoms with Crippen molar-refractivity contribution in [3.05, 3.63) is 95.1 Å². The van der Waals surface area contributed by atoms with E-state index < -0.39 is 29.4 Å². The number of amides is 1. The van der Waals surface area contributed by atoms with E-state index >= 15 is 0 Å². The number of hydrogen-bond donors (Lipinski definition) is 2. The molecule has 4 rings (SSSR count). The second kappa shape index (κ2) is 8.94. The van der Waals surface area contributed by atoms with Gasteiger partial charge in [-0.05, 0) is 73.2 Å². The molecule has 0 atom stereocenters. The molecular formula is C25H17F6N3O. The Morgan fingerprint density at radius 2 is 1.43 bits per heavy atom. The summed E-state index contributed by atoms with van der Waals surface area (Å²) in [5, 5.41) is 6.09. The van der Waals surface area contributed by atoms with Crippen LogP contribution in [-0.2, 0) is 12.4 Å². The average molecular weight is 489 g/mol. The van der Waals surface area contributed by atoms with Crippen molar-refractivity contribution >= 4 is 34.0 Å². The van der Waals surface area contributed by atoms with Crippen LogP contribution in [0.2, 0.25) is 0 Å². The third-order valence-corrected chi connectivity index (χ3v) is 5.19. The minimum absolute atomic E-state index is 0.143. The van der Waals surface area contributed by atoms with Crippen LogP contribution in [0.3, 0.4) is 0 Å². The van der Waals surface area contributed by atoms with Crippen LogP contribution in [0.4, 0.5) is 43.5 Å². The zero-order chi connectivity index (χ0) is 25.4. The van der Waals surface area contributed by atoms with Crippen molar-refractivity contribution in [2.45, 2.75) is 19.3 Å². The molecule has 2 N–H and O–H groups in total. The Morgan fingerprint density at radius 3 is 2.11 bits per heavy atom. The van der Waals surface area contributed by atoms with Crippen LogP contribution in [0.15, 0.2) is 72.8 Å². The van der Waals surface area contributed by atoms with Gasteiger partial charge in [0, 0.05) is 22.3 Å². The van der Waals surface area contributed by atoms with E-state index in [1.54, 1.807) is 25.1 Å². The Kier molecular flexibility index (Phi) is 6.14. The lowest BCUT2D eigenvalue weighted by atomic mass is 10.1.